The lowest BCUT2D eigenvalue weighted by molar-refractivity contribution is -0.0434. The average Bonchev–Trinajstić information content (AvgIpc) is 2.26. The number of nitrogens with zero attached hydrogens (tertiary/aromatic N) is 1. The third-order valence-corrected chi connectivity index (χ3v) is 6.11. The monoisotopic (exact) mass is 353 g/mol. The summed E-state index contributed by atoms with van der Waals surface area (Å²) in [5, 5.41) is -4.73. The zero-order chi connectivity index (χ0) is 16.7. The number of halogens is 5. The molecule has 0 saturated carbocycles. The molecule has 0 bridgehead atoms. The second kappa shape index (κ2) is 5.09. The van der Waals surface area contributed by atoms with Crippen molar-refractivity contribution in [3.8, 4) is 0 Å². The number of benzene rings is 1. The summed E-state index contributed by atoms with van der Waals surface area (Å²) in [7, 11) is -12.7. The van der Waals surface area contributed by atoms with Crippen LogP contribution in [0, 0.1) is 0 Å². The molecule has 0 heterocycles. The molecule has 21 heavy (non-hydrogen) atoms. The van der Waals surface area contributed by atoms with Crippen LogP contribution in [0.25, 0.3) is 0 Å². The molecule has 0 N–H and O–H groups in total. The molecule has 0 amide bonds. The highest BCUT2D eigenvalue weighted by Gasteiger charge is 2.59. The first-order chi connectivity index (χ1) is 9.23. The third-order valence-electron chi connectivity index (χ3n) is 2.15. The van der Waals surface area contributed by atoms with Gasteiger partial charge in [-0.15, -0.1) is 0 Å². The number of rotatable bonds is 4. The van der Waals surface area contributed by atoms with Gasteiger partial charge in [0.15, 0.2) is 0 Å². The first-order valence-electron chi connectivity index (χ1n) is 5.02. The van der Waals surface area contributed by atoms with Gasteiger partial charge in [-0.3, -0.25) is 0 Å². The Balaban J connectivity index is 3.72. The van der Waals surface area contributed by atoms with E-state index in [0.29, 0.717) is 12.1 Å². The third kappa shape index (κ3) is 3.10. The van der Waals surface area contributed by atoms with Gasteiger partial charge < -0.3 is 0 Å². The van der Waals surface area contributed by atoms with Crippen LogP contribution in [0.15, 0.2) is 30.3 Å². The lowest BCUT2D eigenvalue weighted by atomic mass is 10.3. The van der Waals surface area contributed by atoms with E-state index >= 15 is 0 Å². The fourth-order valence-corrected chi connectivity index (χ4v) is 4.15. The van der Waals surface area contributed by atoms with E-state index in [2.05, 4.69) is 0 Å². The highest BCUT2D eigenvalue weighted by atomic mass is 32.3. The topological polar surface area (TPSA) is 71.5 Å². The van der Waals surface area contributed by atoms with Crippen LogP contribution in [0.1, 0.15) is 6.92 Å². The van der Waals surface area contributed by atoms with Crippen LogP contribution in [0.2, 0.25) is 0 Å². The number of hydrogen-bond donors (Lipinski definition) is 0. The summed E-state index contributed by atoms with van der Waals surface area (Å²) < 4.78 is 108. The first kappa shape index (κ1) is 17.6. The van der Waals surface area contributed by atoms with Gasteiger partial charge >= 0.3 is 30.8 Å². The smallest absolute Gasteiger partial charge is 0.199 e. The molecule has 0 aliphatic carbocycles. The maximum Gasteiger partial charge on any atom is 0.517 e. The second-order valence-electron chi connectivity index (χ2n) is 3.80. The Morgan fingerprint density at radius 3 is 1.62 bits per heavy atom. The Bertz CT molecular complexity index is 663. The highest BCUT2D eigenvalue weighted by molar-refractivity contribution is 8.11. The number of hydrogen-bond acceptors (Lipinski definition) is 4. The SMILES string of the molecule is CC(F)(F)S(=O)(=O)N(c1ccccc1)S(=O)(=O)C(F)(F)F. The van der Waals surface area contributed by atoms with Crippen LogP contribution in [0.5, 0.6) is 0 Å². The molecule has 0 radical (unpaired) electrons. The summed E-state index contributed by atoms with van der Waals surface area (Å²) in [4.78, 5) is 0. The van der Waals surface area contributed by atoms with Crippen molar-refractivity contribution in [1.29, 1.82) is 0 Å². The molecule has 0 aliphatic rings. The standard InChI is InChI=1S/C9H8F5NO4S2/c1-8(10,11)20(16,17)15(7-5-3-2-4-6-7)21(18,19)9(12,13)14/h2-6H,1H3. The van der Waals surface area contributed by atoms with Crippen LogP contribution >= 0.6 is 0 Å². The van der Waals surface area contributed by atoms with Crippen molar-refractivity contribution < 1.29 is 38.8 Å². The molecular formula is C9H8F5NO4S2. The maximum atomic E-state index is 13.1. The van der Waals surface area contributed by atoms with Crippen molar-refractivity contribution in [2.75, 3.05) is 3.71 Å². The van der Waals surface area contributed by atoms with Gasteiger partial charge in [0.1, 0.15) is 0 Å². The lowest BCUT2D eigenvalue weighted by Gasteiger charge is -2.27. The van der Waals surface area contributed by atoms with E-state index in [1.807, 2.05) is 0 Å². The van der Waals surface area contributed by atoms with Gasteiger partial charge in [0, 0.05) is 6.92 Å². The normalized spacial score (nSPS) is 14.0. The molecule has 0 spiro atoms. The quantitative estimate of drug-likeness (QED) is 0.779. The van der Waals surface area contributed by atoms with Crippen molar-refractivity contribution in [2.45, 2.75) is 17.7 Å². The van der Waals surface area contributed by atoms with Crippen molar-refractivity contribution in [2.24, 2.45) is 0 Å². The molecule has 0 aromatic heterocycles. The van der Waals surface area contributed by atoms with Crippen LogP contribution in [0.4, 0.5) is 27.6 Å². The summed E-state index contributed by atoms with van der Waals surface area (Å²) >= 11 is 0. The Hall–Kier alpha value is -1.43. The Morgan fingerprint density at radius 2 is 1.29 bits per heavy atom. The zero-order valence-corrected chi connectivity index (χ0v) is 11.8. The van der Waals surface area contributed by atoms with Crippen molar-refractivity contribution >= 4 is 25.7 Å². The molecule has 1 aromatic carbocycles. The molecular weight excluding hydrogens is 345 g/mol. The van der Waals surface area contributed by atoms with Crippen LogP contribution < -0.4 is 3.71 Å². The van der Waals surface area contributed by atoms with Gasteiger partial charge in [-0.25, -0.2) is 0 Å². The molecule has 12 heteroatoms. The Labute approximate surface area is 117 Å². The van der Waals surface area contributed by atoms with Crippen molar-refractivity contribution in [1.82, 2.24) is 0 Å². The van der Waals surface area contributed by atoms with E-state index in [1.165, 1.54) is 6.07 Å². The highest BCUT2D eigenvalue weighted by Crippen LogP contribution is 2.37. The van der Waals surface area contributed by atoms with E-state index in [-0.39, 0.29) is 6.92 Å². The number of sulfonamides is 2. The first-order valence-corrected chi connectivity index (χ1v) is 7.90. The van der Waals surface area contributed by atoms with Crippen LogP contribution in [-0.2, 0) is 20.0 Å². The van der Waals surface area contributed by atoms with Gasteiger partial charge in [0.05, 0.1) is 5.69 Å². The minimum absolute atomic E-state index is 0.218. The molecule has 0 aliphatic heterocycles. The molecule has 1 rings (SSSR count). The average molecular weight is 353 g/mol. The Morgan fingerprint density at radius 1 is 0.857 bits per heavy atom. The van der Waals surface area contributed by atoms with Gasteiger partial charge in [-0.05, 0) is 12.1 Å². The minimum Gasteiger partial charge on any atom is -0.199 e. The van der Waals surface area contributed by atoms with Gasteiger partial charge in [0.25, 0.3) is 0 Å². The van der Waals surface area contributed by atoms with E-state index < -0.39 is 40.2 Å². The maximum absolute atomic E-state index is 13.1. The predicted octanol–water partition coefficient (Wildman–Crippen LogP) is 2.29. The molecule has 120 valence electrons. The predicted molar refractivity (Wildman–Crippen MR) is 63.4 cm³/mol. The second-order valence-corrected chi connectivity index (χ2v) is 7.84. The lowest BCUT2D eigenvalue weighted by Crippen LogP contribution is -2.49. The minimum atomic E-state index is -6.57. The molecule has 1 aromatic rings. The molecule has 0 fully saturated rings. The van der Waals surface area contributed by atoms with Gasteiger partial charge in [-0.1, -0.05) is 18.2 Å². The fourth-order valence-electron chi connectivity index (χ4n) is 1.20. The number of anilines is 1. The van der Waals surface area contributed by atoms with E-state index in [4.69, 9.17) is 0 Å². The van der Waals surface area contributed by atoms with Gasteiger partial charge in [-0.2, -0.15) is 42.5 Å². The van der Waals surface area contributed by atoms with Crippen LogP contribution in [0.3, 0.4) is 0 Å². The summed E-state index contributed by atoms with van der Waals surface area (Å²) in [5.74, 6) is 0. The van der Waals surface area contributed by atoms with E-state index in [0.717, 1.165) is 12.1 Å². The largest absolute Gasteiger partial charge is 0.517 e. The van der Waals surface area contributed by atoms with E-state index in [9.17, 15) is 38.8 Å². The number of alkyl halides is 5. The summed E-state index contributed by atoms with van der Waals surface area (Å²) in [6.45, 7) is -0.218. The fraction of sp³-hybridized carbons (Fsp3) is 0.333. The summed E-state index contributed by atoms with van der Waals surface area (Å²) in [6.07, 6.45) is 0. The molecule has 0 unspecified atom stereocenters. The Kier molecular flexibility index (Phi) is 4.27. The summed E-state index contributed by atoms with van der Waals surface area (Å²) in [6, 6.07) is 4.52. The molecule has 5 nitrogen and oxygen atoms in total. The van der Waals surface area contributed by atoms with Crippen LogP contribution in [-0.4, -0.2) is 27.6 Å². The van der Waals surface area contributed by atoms with Gasteiger partial charge in [0.2, 0.25) is 0 Å². The number of para-hydroxylation sites is 1. The van der Waals surface area contributed by atoms with E-state index in [1.54, 1.807) is 0 Å². The molecule has 0 atom stereocenters. The zero-order valence-electron chi connectivity index (χ0n) is 10.2. The van der Waals surface area contributed by atoms with Crippen molar-refractivity contribution in [3.05, 3.63) is 30.3 Å². The van der Waals surface area contributed by atoms with Crippen molar-refractivity contribution in [3.63, 3.8) is 0 Å². The molecule has 0 saturated heterocycles. The summed E-state index contributed by atoms with van der Waals surface area (Å²) in [5.41, 5.74) is -7.14.